The molecule has 132 valence electrons. The first kappa shape index (κ1) is 19.2. The summed E-state index contributed by atoms with van der Waals surface area (Å²) < 4.78 is 16.0. The van der Waals surface area contributed by atoms with Gasteiger partial charge in [-0.15, -0.1) is 0 Å². The first-order valence-electron chi connectivity index (χ1n) is 8.14. The van der Waals surface area contributed by atoms with Crippen LogP contribution in [0.2, 0.25) is 0 Å². The molecule has 6 heteroatoms. The van der Waals surface area contributed by atoms with Crippen molar-refractivity contribution in [2.45, 2.75) is 54.8 Å². The summed E-state index contributed by atoms with van der Waals surface area (Å²) in [6.45, 7) is 0.291. The molecule has 1 aromatic rings. The molecule has 24 heavy (non-hydrogen) atoms. The molecule has 1 aliphatic heterocycles. The lowest BCUT2D eigenvalue weighted by atomic mass is 9.99. The highest BCUT2D eigenvalue weighted by Gasteiger charge is 2.30. The van der Waals surface area contributed by atoms with Crippen LogP contribution in [0.4, 0.5) is 0 Å². The van der Waals surface area contributed by atoms with Crippen LogP contribution in [0.3, 0.4) is 0 Å². The maximum Gasteiger partial charge on any atom is 0.308 e. The number of esters is 2. The molecule has 0 aromatic heterocycles. The van der Waals surface area contributed by atoms with Crippen molar-refractivity contribution in [1.82, 2.24) is 0 Å². The van der Waals surface area contributed by atoms with Crippen LogP contribution < -0.4 is 0 Å². The van der Waals surface area contributed by atoms with Crippen molar-refractivity contribution in [2.75, 3.05) is 7.11 Å². The van der Waals surface area contributed by atoms with Crippen molar-refractivity contribution in [2.24, 2.45) is 0 Å². The van der Waals surface area contributed by atoms with Gasteiger partial charge in [0.15, 0.2) is 0 Å². The van der Waals surface area contributed by atoms with Crippen LogP contribution in [0.15, 0.2) is 30.3 Å². The number of alkyl halides is 1. The van der Waals surface area contributed by atoms with Crippen molar-refractivity contribution in [1.29, 1.82) is 0 Å². The van der Waals surface area contributed by atoms with Crippen LogP contribution >= 0.6 is 22.6 Å². The minimum atomic E-state index is -0.257. The van der Waals surface area contributed by atoms with E-state index in [0.29, 0.717) is 13.0 Å². The van der Waals surface area contributed by atoms with Gasteiger partial charge in [-0.1, -0.05) is 52.9 Å². The predicted octanol–water partition coefficient (Wildman–Crippen LogP) is 3.42. The molecular weight excluding hydrogens is 423 g/mol. The van der Waals surface area contributed by atoms with Crippen LogP contribution in [0.5, 0.6) is 0 Å². The van der Waals surface area contributed by atoms with Gasteiger partial charge in [0.1, 0.15) is 6.61 Å². The second-order valence-electron chi connectivity index (χ2n) is 5.87. The van der Waals surface area contributed by atoms with Crippen LogP contribution in [-0.4, -0.2) is 35.2 Å². The highest BCUT2D eigenvalue weighted by molar-refractivity contribution is 14.1. The summed E-state index contributed by atoms with van der Waals surface area (Å²) in [7, 11) is 1.38. The summed E-state index contributed by atoms with van der Waals surface area (Å²) in [6, 6.07) is 9.62. The highest BCUT2D eigenvalue weighted by Crippen LogP contribution is 2.28. The third kappa shape index (κ3) is 6.39. The topological polar surface area (TPSA) is 61.8 Å². The third-order valence-corrected chi connectivity index (χ3v) is 5.25. The lowest BCUT2D eigenvalue weighted by Gasteiger charge is -2.32. The molecule has 0 saturated carbocycles. The van der Waals surface area contributed by atoms with E-state index in [1.165, 1.54) is 7.11 Å². The molecule has 1 heterocycles. The Labute approximate surface area is 156 Å². The number of halogens is 1. The summed E-state index contributed by atoms with van der Waals surface area (Å²) in [4.78, 5) is 23.4. The fourth-order valence-electron chi connectivity index (χ4n) is 2.70. The van der Waals surface area contributed by atoms with Crippen molar-refractivity contribution >= 4 is 34.5 Å². The Morgan fingerprint density at radius 3 is 2.71 bits per heavy atom. The van der Waals surface area contributed by atoms with Crippen LogP contribution in [0, 0.1) is 0 Å². The van der Waals surface area contributed by atoms with Gasteiger partial charge >= 0.3 is 11.9 Å². The fraction of sp³-hybridized carbons (Fsp3) is 0.556. The van der Waals surface area contributed by atoms with Gasteiger partial charge in [0.25, 0.3) is 0 Å². The van der Waals surface area contributed by atoms with Gasteiger partial charge in [-0.3, -0.25) is 9.59 Å². The standard InChI is InChI=1S/C18H23IO5/c1-22-17(20)10-14-8-5-9-16(24-14)15(19)11-18(21)23-12-13-6-3-2-4-7-13/h2-4,6-7,14-16H,5,8-12H2,1H3. The van der Waals surface area contributed by atoms with E-state index >= 15 is 0 Å². The van der Waals surface area contributed by atoms with E-state index < -0.39 is 0 Å². The molecule has 3 unspecified atom stereocenters. The molecule has 0 radical (unpaired) electrons. The summed E-state index contributed by atoms with van der Waals surface area (Å²) in [5.41, 5.74) is 0.975. The highest BCUT2D eigenvalue weighted by atomic mass is 127. The SMILES string of the molecule is COC(=O)CC1CCCC(C(I)CC(=O)OCc2ccccc2)O1. The molecule has 0 spiro atoms. The normalized spacial score (nSPS) is 21.8. The fourth-order valence-corrected chi connectivity index (χ4v) is 3.59. The zero-order valence-corrected chi connectivity index (χ0v) is 15.9. The number of carbonyl (C=O) groups excluding carboxylic acids is 2. The molecular formula is C18H23IO5. The van der Waals surface area contributed by atoms with E-state index in [4.69, 9.17) is 14.2 Å². The monoisotopic (exact) mass is 446 g/mol. The summed E-state index contributed by atoms with van der Waals surface area (Å²) in [5, 5.41) is 0. The maximum atomic E-state index is 12.0. The van der Waals surface area contributed by atoms with E-state index in [1.807, 2.05) is 30.3 Å². The van der Waals surface area contributed by atoms with Crippen molar-refractivity contribution < 1.29 is 23.8 Å². The molecule has 1 saturated heterocycles. The lowest BCUT2D eigenvalue weighted by molar-refractivity contribution is -0.149. The van der Waals surface area contributed by atoms with Crippen LogP contribution in [0.25, 0.3) is 0 Å². The molecule has 1 aliphatic rings. The number of hydrogen-bond donors (Lipinski definition) is 0. The average molecular weight is 446 g/mol. The number of hydrogen-bond acceptors (Lipinski definition) is 5. The van der Waals surface area contributed by atoms with Gasteiger partial charge in [-0.05, 0) is 24.8 Å². The smallest absolute Gasteiger partial charge is 0.308 e. The molecule has 0 aliphatic carbocycles. The second-order valence-corrected chi connectivity index (χ2v) is 7.47. The van der Waals surface area contributed by atoms with E-state index in [0.717, 1.165) is 24.8 Å². The van der Waals surface area contributed by atoms with E-state index in [-0.39, 0.29) is 34.5 Å². The summed E-state index contributed by atoms with van der Waals surface area (Å²) in [5.74, 6) is -0.482. The molecule has 1 aromatic carbocycles. The molecule has 1 fully saturated rings. The first-order valence-corrected chi connectivity index (χ1v) is 9.39. The molecule has 0 bridgehead atoms. The van der Waals surface area contributed by atoms with Gasteiger partial charge in [0.05, 0.1) is 32.2 Å². The second kappa shape index (κ2) is 9.98. The maximum absolute atomic E-state index is 12.0. The van der Waals surface area contributed by atoms with E-state index in [2.05, 4.69) is 22.6 Å². The van der Waals surface area contributed by atoms with E-state index in [9.17, 15) is 9.59 Å². The zero-order chi connectivity index (χ0) is 17.4. The van der Waals surface area contributed by atoms with Crippen LogP contribution in [-0.2, 0) is 30.4 Å². The molecule has 0 N–H and O–H groups in total. The number of methoxy groups -OCH3 is 1. The quantitative estimate of drug-likeness (QED) is 0.365. The number of carbonyl (C=O) groups is 2. The average Bonchev–Trinajstić information content (AvgIpc) is 2.61. The predicted molar refractivity (Wildman–Crippen MR) is 97.8 cm³/mol. The third-order valence-electron chi connectivity index (χ3n) is 4.01. The van der Waals surface area contributed by atoms with Crippen molar-refractivity contribution in [3.05, 3.63) is 35.9 Å². The van der Waals surface area contributed by atoms with Gasteiger partial charge in [-0.2, -0.15) is 0 Å². The minimum absolute atomic E-state index is 0.0294. The Kier molecular flexibility index (Phi) is 7.98. The van der Waals surface area contributed by atoms with Gasteiger partial charge in [-0.25, -0.2) is 0 Å². The Hall–Kier alpha value is -1.15. The molecule has 2 rings (SSSR count). The number of ether oxygens (including phenoxy) is 3. The Morgan fingerprint density at radius 2 is 2.00 bits per heavy atom. The van der Waals surface area contributed by atoms with Crippen molar-refractivity contribution in [3.63, 3.8) is 0 Å². The van der Waals surface area contributed by atoms with Crippen molar-refractivity contribution in [3.8, 4) is 0 Å². The largest absolute Gasteiger partial charge is 0.469 e. The minimum Gasteiger partial charge on any atom is -0.469 e. The molecule has 3 atom stereocenters. The van der Waals surface area contributed by atoms with E-state index in [1.54, 1.807) is 0 Å². The number of benzene rings is 1. The lowest BCUT2D eigenvalue weighted by Crippen LogP contribution is -2.36. The van der Waals surface area contributed by atoms with Crippen LogP contribution in [0.1, 0.15) is 37.7 Å². The first-order chi connectivity index (χ1) is 11.6. The van der Waals surface area contributed by atoms with Gasteiger partial charge < -0.3 is 14.2 Å². The summed E-state index contributed by atoms with van der Waals surface area (Å²) >= 11 is 2.24. The number of rotatable bonds is 7. The summed E-state index contributed by atoms with van der Waals surface area (Å²) in [6.07, 6.45) is 3.18. The molecule has 5 nitrogen and oxygen atoms in total. The molecule has 0 amide bonds. The van der Waals surface area contributed by atoms with Gasteiger partial charge in [0, 0.05) is 3.92 Å². The Bertz CT molecular complexity index is 533. The zero-order valence-electron chi connectivity index (χ0n) is 13.8. The van der Waals surface area contributed by atoms with Gasteiger partial charge in [0.2, 0.25) is 0 Å². The Balaban J connectivity index is 1.75. The Morgan fingerprint density at radius 1 is 1.25 bits per heavy atom.